The quantitative estimate of drug-likeness (QED) is 0.458. The summed E-state index contributed by atoms with van der Waals surface area (Å²) in [6, 6.07) is 0. The van der Waals surface area contributed by atoms with Gasteiger partial charge in [0.2, 0.25) is 0 Å². The number of ether oxygens (including phenoxy) is 3. The lowest BCUT2D eigenvalue weighted by molar-refractivity contribution is -0.180. The molecule has 1 aliphatic heterocycles. The van der Waals surface area contributed by atoms with Gasteiger partial charge in [-0.25, -0.2) is 4.79 Å². The summed E-state index contributed by atoms with van der Waals surface area (Å²) in [5.41, 5.74) is 1.25. The third-order valence-electron chi connectivity index (χ3n) is 6.90. The molecule has 0 bridgehead atoms. The molecule has 2 aliphatic carbocycles. The number of carbonyl (C=O) groups excluding carboxylic acids is 2. The maximum absolute atomic E-state index is 12.1. The number of hydrogen-bond donors (Lipinski definition) is 0. The Morgan fingerprint density at radius 3 is 2.63 bits per heavy atom. The Hall–Kier alpha value is -2.08. The second-order valence-electron chi connectivity index (χ2n) is 8.45. The minimum absolute atomic E-state index is 0.0572. The number of furan rings is 1. The van der Waals surface area contributed by atoms with Crippen molar-refractivity contribution in [3.8, 4) is 0 Å². The molecule has 6 nitrogen and oxygen atoms in total. The molecule has 2 fully saturated rings. The van der Waals surface area contributed by atoms with Gasteiger partial charge >= 0.3 is 11.9 Å². The molecule has 6 heteroatoms. The highest BCUT2D eigenvalue weighted by atomic mass is 16.6. The van der Waals surface area contributed by atoms with E-state index in [1.165, 1.54) is 6.92 Å². The summed E-state index contributed by atoms with van der Waals surface area (Å²) in [6.07, 6.45) is 2.07. The topological polar surface area (TPSA) is 78.3 Å². The number of esters is 2. The molecule has 27 heavy (non-hydrogen) atoms. The van der Waals surface area contributed by atoms with Crippen molar-refractivity contribution in [3.63, 3.8) is 0 Å². The van der Waals surface area contributed by atoms with Crippen molar-refractivity contribution in [1.29, 1.82) is 0 Å². The number of aryl methyl sites for hydroxylation is 1. The van der Waals surface area contributed by atoms with Gasteiger partial charge in [-0.05, 0) is 19.4 Å². The highest BCUT2D eigenvalue weighted by molar-refractivity contribution is 5.87. The zero-order valence-corrected chi connectivity index (χ0v) is 16.5. The molecule has 3 aliphatic rings. The molecule has 4 rings (SSSR count). The Kier molecular flexibility index (Phi) is 3.87. The predicted octanol–water partition coefficient (Wildman–Crippen LogP) is 3.42. The van der Waals surface area contributed by atoms with Crippen molar-refractivity contribution in [2.45, 2.75) is 71.4 Å². The van der Waals surface area contributed by atoms with Gasteiger partial charge in [-0.1, -0.05) is 20.4 Å². The molecule has 0 N–H and O–H groups in total. The normalized spacial score (nSPS) is 38.9. The van der Waals surface area contributed by atoms with Crippen LogP contribution in [-0.4, -0.2) is 29.7 Å². The minimum Gasteiger partial charge on any atom is -0.469 e. The molecular formula is C21H26O6. The van der Waals surface area contributed by atoms with Gasteiger partial charge in [0, 0.05) is 42.2 Å². The summed E-state index contributed by atoms with van der Waals surface area (Å²) >= 11 is 0. The van der Waals surface area contributed by atoms with Crippen molar-refractivity contribution >= 4 is 11.9 Å². The number of hydrogen-bond acceptors (Lipinski definition) is 6. The van der Waals surface area contributed by atoms with E-state index < -0.39 is 23.1 Å². The second-order valence-corrected chi connectivity index (χ2v) is 8.45. The zero-order chi connectivity index (χ0) is 19.7. The van der Waals surface area contributed by atoms with Crippen LogP contribution in [0.2, 0.25) is 0 Å². The van der Waals surface area contributed by atoms with E-state index in [2.05, 4.69) is 13.5 Å². The molecule has 1 aromatic heterocycles. The average Bonchev–Trinajstić information content (AvgIpc) is 3.16. The first kappa shape index (κ1) is 18.3. The molecule has 0 radical (unpaired) electrons. The second kappa shape index (κ2) is 5.71. The zero-order valence-electron chi connectivity index (χ0n) is 16.5. The first-order valence-corrected chi connectivity index (χ1v) is 9.40. The highest BCUT2D eigenvalue weighted by Crippen LogP contribution is 2.70. The summed E-state index contributed by atoms with van der Waals surface area (Å²) in [5.74, 6) is -0.00596. The minimum atomic E-state index is -0.538. The Bertz CT molecular complexity index is 838. The van der Waals surface area contributed by atoms with E-state index in [1.54, 1.807) is 13.2 Å². The van der Waals surface area contributed by atoms with Crippen LogP contribution >= 0.6 is 0 Å². The standard InChI is InChI=1S/C21H26O6/c1-10(2)19(23)26-14-7-16-21(27-16)8-15-17(11(3)9-24-15)18(25-13(5)22)20(21,6)12(14)4/h9,12,14,16,18H,1,7-8H2,2-6H3/t12-,14+,16+,18+,20-,21+/m0/s1. The molecule has 146 valence electrons. The van der Waals surface area contributed by atoms with Gasteiger partial charge in [0.15, 0.2) is 0 Å². The lowest BCUT2D eigenvalue weighted by atomic mass is 9.53. The Labute approximate surface area is 158 Å². The molecule has 0 unspecified atom stereocenters. The maximum atomic E-state index is 12.1. The van der Waals surface area contributed by atoms with Crippen LogP contribution in [0.15, 0.2) is 22.8 Å². The van der Waals surface area contributed by atoms with Crippen molar-refractivity contribution in [2.24, 2.45) is 11.3 Å². The van der Waals surface area contributed by atoms with E-state index in [4.69, 9.17) is 18.6 Å². The fourth-order valence-electron chi connectivity index (χ4n) is 5.20. The molecule has 1 aromatic rings. The van der Waals surface area contributed by atoms with Crippen molar-refractivity contribution in [3.05, 3.63) is 35.3 Å². The van der Waals surface area contributed by atoms with E-state index in [-0.39, 0.29) is 24.1 Å². The predicted molar refractivity (Wildman–Crippen MR) is 95.8 cm³/mol. The van der Waals surface area contributed by atoms with Crippen LogP contribution in [0, 0.1) is 18.3 Å². The van der Waals surface area contributed by atoms with Gasteiger partial charge in [0.1, 0.15) is 23.6 Å². The van der Waals surface area contributed by atoms with Gasteiger partial charge in [0.25, 0.3) is 0 Å². The van der Waals surface area contributed by atoms with E-state index >= 15 is 0 Å². The molecule has 2 heterocycles. The van der Waals surface area contributed by atoms with Crippen LogP contribution in [0.1, 0.15) is 57.1 Å². The lowest BCUT2D eigenvalue weighted by Gasteiger charge is -2.52. The summed E-state index contributed by atoms with van der Waals surface area (Å²) in [5, 5.41) is 0. The third-order valence-corrected chi connectivity index (χ3v) is 6.90. The Balaban J connectivity index is 1.78. The van der Waals surface area contributed by atoms with Crippen LogP contribution in [0.3, 0.4) is 0 Å². The van der Waals surface area contributed by atoms with Gasteiger partial charge in [-0.2, -0.15) is 0 Å². The van der Waals surface area contributed by atoms with Crippen LogP contribution in [0.5, 0.6) is 0 Å². The fourth-order valence-corrected chi connectivity index (χ4v) is 5.20. The molecular weight excluding hydrogens is 348 g/mol. The lowest BCUT2D eigenvalue weighted by Crippen LogP contribution is -2.58. The number of rotatable bonds is 3. The van der Waals surface area contributed by atoms with Crippen molar-refractivity contribution < 1.29 is 28.2 Å². The third kappa shape index (κ3) is 2.35. The van der Waals surface area contributed by atoms with Crippen LogP contribution in [0.25, 0.3) is 0 Å². The molecule has 1 saturated carbocycles. The first-order chi connectivity index (χ1) is 12.6. The molecule has 1 saturated heterocycles. The van der Waals surface area contributed by atoms with E-state index in [0.717, 1.165) is 16.9 Å². The van der Waals surface area contributed by atoms with E-state index in [1.807, 2.05) is 13.8 Å². The molecule has 0 aromatic carbocycles. The first-order valence-electron chi connectivity index (χ1n) is 9.40. The Morgan fingerprint density at radius 1 is 1.30 bits per heavy atom. The molecule has 1 spiro atoms. The van der Waals surface area contributed by atoms with Crippen LogP contribution in [0.4, 0.5) is 0 Å². The van der Waals surface area contributed by atoms with E-state index in [9.17, 15) is 9.59 Å². The summed E-state index contributed by atoms with van der Waals surface area (Å²) < 4.78 is 23.6. The SMILES string of the molecule is C=C(C)C(=O)O[C@@H]1C[C@H]2O[C@]23Cc2occ(C)c2[C@@H](OC(C)=O)[C@]3(C)[C@H]1C. The highest BCUT2D eigenvalue weighted by Gasteiger charge is 2.78. The van der Waals surface area contributed by atoms with Crippen LogP contribution in [-0.2, 0) is 30.2 Å². The number of fused-ring (bicyclic) bond motifs is 1. The number of carbonyl (C=O) groups is 2. The largest absolute Gasteiger partial charge is 0.469 e. The smallest absolute Gasteiger partial charge is 0.333 e. The summed E-state index contributed by atoms with van der Waals surface area (Å²) in [7, 11) is 0. The monoisotopic (exact) mass is 374 g/mol. The summed E-state index contributed by atoms with van der Waals surface area (Å²) in [4.78, 5) is 24.1. The van der Waals surface area contributed by atoms with Gasteiger partial charge in [0.05, 0.1) is 12.4 Å². The van der Waals surface area contributed by atoms with Gasteiger partial charge in [-0.3, -0.25) is 4.79 Å². The van der Waals surface area contributed by atoms with E-state index in [0.29, 0.717) is 18.4 Å². The Morgan fingerprint density at radius 2 is 2.00 bits per heavy atom. The molecule has 0 amide bonds. The van der Waals surface area contributed by atoms with Crippen molar-refractivity contribution in [1.82, 2.24) is 0 Å². The average molecular weight is 374 g/mol. The fraction of sp³-hybridized carbons (Fsp3) is 0.619. The maximum Gasteiger partial charge on any atom is 0.333 e. The van der Waals surface area contributed by atoms with Gasteiger partial charge < -0.3 is 18.6 Å². The molecule has 6 atom stereocenters. The van der Waals surface area contributed by atoms with Gasteiger partial charge in [-0.15, -0.1) is 0 Å². The van der Waals surface area contributed by atoms with Crippen LogP contribution < -0.4 is 0 Å². The van der Waals surface area contributed by atoms with Crippen molar-refractivity contribution in [2.75, 3.05) is 0 Å². The summed E-state index contributed by atoms with van der Waals surface area (Å²) in [6.45, 7) is 12.8. The number of epoxide rings is 1.